The van der Waals surface area contributed by atoms with Crippen molar-refractivity contribution >= 4 is 0 Å². The maximum absolute atomic E-state index is 9.32. The van der Waals surface area contributed by atoms with Gasteiger partial charge in [-0.1, -0.05) is 5.21 Å². The third kappa shape index (κ3) is 1.92. The number of hydrogen-bond acceptors (Lipinski definition) is 5. The van der Waals surface area contributed by atoms with Gasteiger partial charge < -0.3 is 10.2 Å². The standard InChI is InChI=1S/C8H14N4O2/c1-11-2-6(9-10-11)3-12-4-7(13)8(14)5-12/h2,7-8,13-14H,3-5H2,1H3/t7-,8+. The molecule has 14 heavy (non-hydrogen) atoms. The first kappa shape index (κ1) is 9.57. The number of likely N-dealkylation sites (tertiary alicyclic amines) is 1. The Morgan fingerprint density at radius 1 is 1.43 bits per heavy atom. The Labute approximate surface area is 81.8 Å². The molecule has 0 saturated carbocycles. The first-order valence-corrected chi connectivity index (χ1v) is 4.59. The largest absolute Gasteiger partial charge is 0.389 e. The minimum atomic E-state index is -0.633. The summed E-state index contributed by atoms with van der Waals surface area (Å²) in [6.45, 7) is 1.62. The minimum absolute atomic E-state index is 0.498. The van der Waals surface area contributed by atoms with Crippen molar-refractivity contribution in [3.8, 4) is 0 Å². The lowest BCUT2D eigenvalue weighted by atomic mass is 10.3. The monoisotopic (exact) mass is 198 g/mol. The van der Waals surface area contributed by atoms with Crippen molar-refractivity contribution in [3.63, 3.8) is 0 Å². The Balaban J connectivity index is 1.93. The Kier molecular flexibility index (Phi) is 2.49. The van der Waals surface area contributed by atoms with Gasteiger partial charge in [0.15, 0.2) is 0 Å². The van der Waals surface area contributed by atoms with E-state index in [0.29, 0.717) is 19.6 Å². The number of aryl methyl sites for hydroxylation is 1. The van der Waals surface area contributed by atoms with Gasteiger partial charge in [0.1, 0.15) is 0 Å². The van der Waals surface area contributed by atoms with E-state index >= 15 is 0 Å². The van der Waals surface area contributed by atoms with E-state index in [1.807, 2.05) is 18.1 Å². The van der Waals surface area contributed by atoms with Gasteiger partial charge in [0.25, 0.3) is 0 Å². The molecule has 1 saturated heterocycles. The molecule has 2 N–H and O–H groups in total. The van der Waals surface area contributed by atoms with Crippen molar-refractivity contribution in [1.29, 1.82) is 0 Å². The predicted molar refractivity (Wildman–Crippen MR) is 48.3 cm³/mol. The Morgan fingerprint density at radius 2 is 2.07 bits per heavy atom. The van der Waals surface area contributed by atoms with Gasteiger partial charge >= 0.3 is 0 Å². The molecular weight excluding hydrogens is 184 g/mol. The van der Waals surface area contributed by atoms with Crippen LogP contribution in [0.15, 0.2) is 6.20 Å². The maximum Gasteiger partial charge on any atom is 0.0967 e. The lowest BCUT2D eigenvalue weighted by Crippen LogP contribution is -2.22. The minimum Gasteiger partial charge on any atom is -0.389 e. The molecule has 0 radical (unpaired) electrons. The second-order valence-corrected chi connectivity index (χ2v) is 3.71. The summed E-state index contributed by atoms with van der Waals surface area (Å²) < 4.78 is 1.64. The number of aliphatic hydroxyl groups is 2. The lowest BCUT2D eigenvalue weighted by Gasteiger charge is -2.11. The van der Waals surface area contributed by atoms with Gasteiger partial charge in [-0.2, -0.15) is 0 Å². The molecule has 78 valence electrons. The molecule has 1 aromatic heterocycles. The number of hydrogen-bond donors (Lipinski definition) is 2. The zero-order chi connectivity index (χ0) is 10.1. The van der Waals surface area contributed by atoms with Gasteiger partial charge in [0, 0.05) is 32.9 Å². The molecule has 1 aromatic rings. The van der Waals surface area contributed by atoms with Crippen LogP contribution in [0.1, 0.15) is 5.69 Å². The van der Waals surface area contributed by atoms with Crippen molar-refractivity contribution in [1.82, 2.24) is 19.9 Å². The van der Waals surface area contributed by atoms with Crippen LogP contribution < -0.4 is 0 Å². The van der Waals surface area contributed by atoms with E-state index in [1.165, 1.54) is 0 Å². The van der Waals surface area contributed by atoms with Crippen molar-refractivity contribution < 1.29 is 10.2 Å². The summed E-state index contributed by atoms with van der Waals surface area (Å²) in [5, 5.41) is 26.4. The number of aromatic nitrogens is 3. The van der Waals surface area contributed by atoms with E-state index in [1.54, 1.807) is 4.68 Å². The maximum atomic E-state index is 9.32. The molecular formula is C8H14N4O2. The molecule has 0 aliphatic carbocycles. The van der Waals surface area contributed by atoms with Crippen LogP contribution >= 0.6 is 0 Å². The zero-order valence-corrected chi connectivity index (χ0v) is 8.04. The van der Waals surface area contributed by atoms with Crippen LogP contribution in [-0.4, -0.2) is 55.4 Å². The Bertz CT molecular complexity index is 304. The summed E-state index contributed by atoms with van der Waals surface area (Å²) in [6.07, 6.45) is 0.565. The van der Waals surface area contributed by atoms with Crippen LogP contribution in [0, 0.1) is 0 Å². The molecule has 0 bridgehead atoms. The van der Waals surface area contributed by atoms with E-state index in [9.17, 15) is 10.2 Å². The average molecular weight is 198 g/mol. The highest BCUT2D eigenvalue weighted by molar-refractivity contribution is 4.94. The molecule has 1 aliphatic rings. The molecule has 0 amide bonds. The average Bonchev–Trinajstić information content (AvgIpc) is 2.62. The summed E-state index contributed by atoms with van der Waals surface area (Å²) in [6, 6.07) is 0. The fourth-order valence-electron chi connectivity index (χ4n) is 1.67. The van der Waals surface area contributed by atoms with Crippen molar-refractivity contribution in [3.05, 3.63) is 11.9 Å². The fourth-order valence-corrected chi connectivity index (χ4v) is 1.67. The molecule has 2 rings (SSSR count). The lowest BCUT2D eigenvalue weighted by molar-refractivity contribution is 0.0572. The smallest absolute Gasteiger partial charge is 0.0967 e. The number of rotatable bonds is 2. The highest BCUT2D eigenvalue weighted by atomic mass is 16.3. The van der Waals surface area contributed by atoms with Crippen LogP contribution in [0.5, 0.6) is 0 Å². The van der Waals surface area contributed by atoms with Crippen LogP contribution in [0.2, 0.25) is 0 Å². The first-order valence-electron chi connectivity index (χ1n) is 4.59. The SMILES string of the molecule is Cn1cc(CN2C[C@@H](O)[C@@H](O)C2)nn1. The van der Waals surface area contributed by atoms with Gasteiger partial charge in [0.2, 0.25) is 0 Å². The molecule has 2 heterocycles. The van der Waals surface area contributed by atoms with Gasteiger partial charge in [-0.25, -0.2) is 0 Å². The van der Waals surface area contributed by atoms with E-state index in [-0.39, 0.29) is 0 Å². The molecule has 0 aromatic carbocycles. The number of nitrogens with zero attached hydrogens (tertiary/aromatic N) is 4. The third-order valence-electron chi connectivity index (χ3n) is 2.37. The number of β-amino-alcohol motifs (C(OH)–C–C–N with tert-alkyl or cyclic N) is 2. The normalized spacial score (nSPS) is 28.5. The molecule has 6 nitrogen and oxygen atoms in total. The summed E-state index contributed by atoms with van der Waals surface area (Å²) >= 11 is 0. The Hall–Kier alpha value is -0.980. The van der Waals surface area contributed by atoms with Crippen LogP contribution in [0.4, 0.5) is 0 Å². The van der Waals surface area contributed by atoms with Gasteiger partial charge in [-0.15, -0.1) is 5.10 Å². The van der Waals surface area contributed by atoms with Crippen LogP contribution in [0.25, 0.3) is 0 Å². The van der Waals surface area contributed by atoms with Crippen molar-refractivity contribution in [2.75, 3.05) is 13.1 Å². The summed E-state index contributed by atoms with van der Waals surface area (Å²) in [5.41, 5.74) is 0.855. The molecule has 0 unspecified atom stereocenters. The third-order valence-corrected chi connectivity index (χ3v) is 2.37. The summed E-state index contributed by atoms with van der Waals surface area (Å²) in [7, 11) is 1.81. The van der Waals surface area contributed by atoms with E-state index < -0.39 is 12.2 Å². The van der Waals surface area contributed by atoms with Gasteiger partial charge in [0.05, 0.1) is 17.9 Å². The molecule has 0 spiro atoms. The predicted octanol–water partition coefficient (Wildman–Crippen LogP) is -1.65. The molecule has 1 aliphatic heterocycles. The topological polar surface area (TPSA) is 74.4 Å². The second-order valence-electron chi connectivity index (χ2n) is 3.71. The summed E-state index contributed by atoms with van der Waals surface area (Å²) in [4.78, 5) is 1.96. The Morgan fingerprint density at radius 3 is 2.57 bits per heavy atom. The number of aliphatic hydroxyl groups excluding tert-OH is 2. The first-order chi connectivity index (χ1) is 6.65. The molecule has 1 fully saturated rings. The van der Waals surface area contributed by atoms with Crippen LogP contribution in [0.3, 0.4) is 0 Å². The van der Waals surface area contributed by atoms with E-state index in [2.05, 4.69) is 10.3 Å². The van der Waals surface area contributed by atoms with Crippen molar-refractivity contribution in [2.24, 2.45) is 7.05 Å². The van der Waals surface area contributed by atoms with Gasteiger partial charge in [-0.3, -0.25) is 9.58 Å². The second kappa shape index (κ2) is 3.64. The summed E-state index contributed by atoms with van der Waals surface area (Å²) in [5.74, 6) is 0. The van der Waals surface area contributed by atoms with Gasteiger partial charge in [-0.05, 0) is 0 Å². The van der Waals surface area contributed by atoms with Crippen molar-refractivity contribution in [2.45, 2.75) is 18.8 Å². The highest BCUT2D eigenvalue weighted by Crippen LogP contribution is 2.12. The van der Waals surface area contributed by atoms with E-state index in [4.69, 9.17) is 0 Å². The molecule has 2 atom stereocenters. The fraction of sp³-hybridized carbons (Fsp3) is 0.750. The highest BCUT2D eigenvalue weighted by Gasteiger charge is 2.29. The quantitative estimate of drug-likeness (QED) is 0.595. The zero-order valence-electron chi connectivity index (χ0n) is 8.04. The molecule has 6 heteroatoms. The van der Waals surface area contributed by atoms with Crippen LogP contribution in [-0.2, 0) is 13.6 Å². The van der Waals surface area contributed by atoms with E-state index in [0.717, 1.165) is 5.69 Å².